The first-order valence-corrected chi connectivity index (χ1v) is 6.28. The van der Waals surface area contributed by atoms with E-state index in [1.165, 1.54) is 12.5 Å². The van der Waals surface area contributed by atoms with Crippen molar-refractivity contribution in [3.8, 4) is 0 Å². The Balaban J connectivity index is 2.30. The highest BCUT2D eigenvalue weighted by atomic mass is 16.1. The van der Waals surface area contributed by atoms with Crippen molar-refractivity contribution in [1.29, 1.82) is 5.41 Å². The first-order valence-electron chi connectivity index (χ1n) is 6.28. The molecule has 1 unspecified atom stereocenters. The lowest BCUT2D eigenvalue weighted by molar-refractivity contribution is -0.117. The molecule has 0 bridgehead atoms. The molecule has 19 heavy (non-hydrogen) atoms. The predicted octanol–water partition coefficient (Wildman–Crippen LogP) is 0.113. The molecule has 3 N–H and O–H groups in total. The zero-order valence-corrected chi connectivity index (χ0v) is 10.9. The number of amides is 1. The fraction of sp³-hybridized carbons (Fsp3) is 0.500. The molecule has 1 aliphatic rings. The summed E-state index contributed by atoms with van der Waals surface area (Å²) in [7, 11) is 0. The zero-order valence-electron chi connectivity index (χ0n) is 10.9. The number of nitrogen functional groups attached to an aromatic ring is 1. The number of aromatic nitrogens is 2. The second-order valence-electron chi connectivity index (χ2n) is 4.47. The van der Waals surface area contributed by atoms with Gasteiger partial charge in [-0.25, -0.2) is 9.97 Å². The summed E-state index contributed by atoms with van der Waals surface area (Å²) in [6.45, 7) is 4.20. The van der Waals surface area contributed by atoms with Gasteiger partial charge >= 0.3 is 0 Å². The van der Waals surface area contributed by atoms with Gasteiger partial charge in [0.25, 0.3) is 0 Å². The fourth-order valence-electron chi connectivity index (χ4n) is 2.47. The van der Waals surface area contributed by atoms with Crippen LogP contribution in [-0.2, 0) is 4.79 Å². The summed E-state index contributed by atoms with van der Waals surface area (Å²) in [4.78, 5) is 22.8. The minimum atomic E-state index is 0.211. The van der Waals surface area contributed by atoms with E-state index in [1.807, 2.05) is 6.92 Å². The number of rotatable bonds is 5. The Morgan fingerprint density at radius 3 is 3.00 bits per heavy atom. The lowest BCUT2D eigenvalue weighted by atomic mass is 10.2. The van der Waals surface area contributed by atoms with Crippen LogP contribution >= 0.6 is 0 Å². The van der Waals surface area contributed by atoms with Gasteiger partial charge in [-0.05, 0) is 13.3 Å². The molecular weight excluding hydrogens is 244 g/mol. The van der Waals surface area contributed by atoms with Crippen LogP contribution in [0.4, 0.5) is 11.6 Å². The van der Waals surface area contributed by atoms with Crippen LogP contribution in [0, 0.1) is 5.41 Å². The third-order valence-electron chi connectivity index (χ3n) is 3.44. The third kappa shape index (κ3) is 2.49. The first kappa shape index (κ1) is 13.3. The lowest BCUT2D eigenvalue weighted by Gasteiger charge is -2.29. The maximum atomic E-state index is 10.8. The van der Waals surface area contributed by atoms with Gasteiger partial charge < -0.3 is 20.9 Å². The third-order valence-corrected chi connectivity index (χ3v) is 3.44. The van der Waals surface area contributed by atoms with E-state index in [0.717, 1.165) is 25.9 Å². The molecule has 1 aromatic heterocycles. The van der Waals surface area contributed by atoms with Gasteiger partial charge in [0.1, 0.15) is 18.0 Å². The van der Waals surface area contributed by atoms with Crippen LogP contribution in [0.3, 0.4) is 0 Å². The topological polar surface area (TPSA) is 99.2 Å². The van der Waals surface area contributed by atoms with E-state index in [1.54, 1.807) is 4.90 Å². The van der Waals surface area contributed by atoms with Gasteiger partial charge in [0.15, 0.2) is 0 Å². The SMILES string of the molecule is CCN(c1ncnc(N)c1C=N)C1CCN(C=O)C1. The van der Waals surface area contributed by atoms with Crippen molar-refractivity contribution in [2.24, 2.45) is 0 Å². The van der Waals surface area contributed by atoms with Crippen molar-refractivity contribution in [2.45, 2.75) is 19.4 Å². The maximum Gasteiger partial charge on any atom is 0.209 e. The van der Waals surface area contributed by atoms with Crippen molar-refractivity contribution in [2.75, 3.05) is 30.3 Å². The Bertz CT molecular complexity index is 477. The van der Waals surface area contributed by atoms with E-state index in [2.05, 4.69) is 14.9 Å². The van der Waals surface area contributed by atoms with Crippen LogP contribution in [0.2, 0.25) is 0 Å². The summed E-state index contributed by atoms with van der Waals surface area (Å²) in [5, 5.41) is 7.46. The molecule has 1 fully saturated rings. The van der Waals surface area contributed by atoms with E-state index in [4.69, 9.17) is 11.1 Å². The van der Waals surface area contributed by atoms with Gasteiger partial charge in [0.05, 0.1) is 5.56 Å². The molecule has 102 valence electrons. The monoisotopic (exact) mass is 262 g/mol. The van der Waals surface area contributed by atoms with Crippen LogP contribution in [0.15, 0.2) is 6.33 Å². The smallest absolute Gasteiger partial charge is 0.209 e. The molecule has 1 amide bonds. The zero-order chi connectivity index (χ0) is 13.8. The molecule has 1 aromatic rings. The molecule has 0 spiro atoms. The number of carbonyl (C=O) groups is 1. The number of likely N-dealkylation sites (tertiary alicyclic amines) is 1. The van der Waals surface area contributed by atoms with E-state index in [-0.39, 0.29) is 6.04 Å². The number of nitrogens with two attached hydrogens (primary N) is 1. The summed E-state index contributed by atoms with van der Waals surface area (Å²) in [5.41, 5.74) is 6.32. The van der Waals surface area contributed by atoms with Crippen LogP contribution in [-0.4, -0.2) is 53.2 Å². The van der Waals surface area contributed by atoms with Gasteiger partial charge in [-0.1, -0.05) is 0 Å². The van der Waals surface area contributed by atoms with Crippen LogP contribution in [0.5, 0.6) is 0 Å². The first-order chi connectivity index (χ1) is 9.21. The van der Waals surface area contributed by atoms with Crippen LogP contribution in [0.25, 0.3) is 0 Å². The number of nitrogens with one attached hydrogen (secondary N) is 1. The summed E-state index contributed by atoms with van der Waals surface area (Å²) < 4.78 is 0. The molecule has 1 atom stereocenters. The van der Waals surface area contributed by atoms with Gasteiger partial charge in [0, 0.05) is 31.9 Å². The van der Waals surface area contributed by atoms with Crippen molar-refractivity contribution >= 4 is 24.3 Å². The minimum Gasteiger partial charge on any atom is -0.383 e. The molecule has 7 nitrogen and oxygen atoms in total. The summed E-state index contributed by atoms with van der Waals surface area (Å²) in [6, 6.07) is 0.211. The van der Waals surface area contributed by atoms with E-state index in [0.29, 0.717) is 23.7 Å². The number of hydrogen-bond donors (Lipinski definition) is 2. The number of hydrogen-bond acceptors (Lipinski definition) is 6. The molecule has 7 heteroatoms. The summed E-state index contributed by atoms with van der Waals surface area (Å²) >= 11 is 0. The quantitative estimate of drug-likeness (QED) is 0.579. The number of likely N-dealkylation sites (N-methyl/N-ethyl adjacent to an activating group) is 1. The Kier molecular flexibility index (Phi) is 3.94. The molecule has 2 heterocycles. The van der Waals surface area contributed by atoms with Crippen LogP contribution < -0.4 is 10.6 Å². The average molecular weight is 262 g/mol. The molecule has 0 aromatic carbocycles. The summed E-state index contributed by atoms with van der Waals surface area (Å²) in [5.74, 6) is 0.978. The Morgan fingerprint density at radius 1 is 1.63 bits per heavy atom. The number of carbonyl (C=O) groups excluding carboxylic acids is 1. The molecule has 0 aliphatic carbocycles. The van der Waals surface area contributed by atoms with E-state index < -0.39 is 0 Å². The van der Waals surface area contributed by atoms with Gasteiger partial charge in [-0.15, -0.1) is 0 Å². The highest BCUT2D eigenvalue weighted by Crippen LogP contribution is 2.25. The van der Waals surface area contributed by atoms with Gasteiger partial charge in [-0.3, -0.25) is 4.79 Å². The minimum absolute atomic E-state index is 0.211. The Hall–Kier alpha value is -2.18. The van der Waals surface area contributed by atoms with Crippen molar-refractivity contribution in [1.82, 2.24) is 14.9 Å². The van der Waals surface area contributed by atoms with Gasteiger partial charge in [-0.2, -0.15) is 0 Å². The average Bonchev–Trinajstić information content (AvgIpc) is 2.89. The highest BCUT2D eigenvalue weighted by Gasteiger charge is 2.28. The molecule has 2 rings (SSSR count). The number of anilines is 2. The Labute approximate surface area is 111 Å². The highest BCUT2D eigenvalue weighted by molar-refractivity contribution is 5.90. The van der Waals surface area contributed by atoms with E-state index in [9.17, 15) is 4.79 Å². The second kappa shape index (κ2) is 5.64. The predicted molar refractivity (Wildman–Crippen MR) is 73.4 cm³/mol. The largest absolute Gasteiger partial charge is 0.383 e. The summed E-state index contributed by atoms with van der Waals surface area (Å²) in [6.07, 6.45) is 4.36. The standard InChI is InChI=1S/C12H18N6O/c1-2-18(9-3-4-17(6-9)8-19)12-10(5-13)11(14)15-7-16-12/h5,7-9,13H,2-4,6H2,1H3,(H2,14,15,16). The van der Waals surface area contributed by atoms with E-state index >= 15 is 0 Å². The normalized spacial score (nSPS) is 18.4. The number of nitrogens with zero attached hydrogens (tertiary/aromatic N) is 4. The van der Waals surface area contributed by atoms with Crippen molar-refractivity contribution in [3.63, 3.8) is 0 Å². The lowest BCUT2D eigenvalue weighted by Crippen LogP contribution is -2.38. The molecule has 0 radical (unpaired) electrons. The molecular formula is C12H18N6O. The maximum absolute atomic E-state index is 10.8. The van der Waals surface area contributed by atoms with Crippen LogP contribution in [0.1, 0.15) is 18.9 Å². The molecule has 0 saturated carbocycles. The fourth-order valence-corrected chi connectivity index (χ4v) is 2.47. The molecule has 1 saturated heterocycles. The molecule has 1 aliphatic heterocycles. The van der Waals surface area contributed by atoms with Crippen molar-refractivity contribution in [3.05, 3.63) is 11.9 Å². The van der Waals surface area contributed by atoms with Crippen molar-refractivity contribution < 1.29 is 4.79 Å². The van der Waals surface area contributed by atoms with Gasteiger partial charge in [0.2, 0.25) is 6.41 Å². The Morgan fingerprint density at radius 2 is 2.42 bits per heavy atom. The second-order valence-corrected chi connectivity index (χ2v) is 4.47.